The summed E-state index contributed by atoms with van der Waals surface area (Å²) >= 11 is 0. The molecule has 0 bridgehead atoms. The van der Waals surface area contributed by atoms with Crippen LogP contribution in [0.2, 0.25) is 0 Å². The number of benzene rings is 1. The van der Waals surface area contributed by atoms with Gasteiger partial charge in [0.1, 0.15) is 11.6 Å². The van der Waals surface area contributed by atoms with Crippen molar-refractivity contribution in [2.24, 2.45) is 0 Å². The first-order chi connectivity index (χ1) is 14.0. The minimum Gasteiger partial charge on any atom is -0.393 e. The predicted molar refractivity (Wildman–Crippen MR) is 113 cm³/mol. The second-order valence-corrected chi connectivity index (χ2v) is 7.48. The number of aliphatic hydroxyl groups excluding tert-OH is 1. The first-order valence-electron chi connectivity index (χ1n) is 10.2. The lowest BCUT2D eigenvalue weighted by molar-refractivity contribution is 0.0953. The molecule has 1 aliphatic rings. The lowest BCUT2D eigenvalue weighted by atomic mass is 10.0. The van der Waals surface area contributed by atoms with Crippen LogP contribution < -0.4 is 15.5 Å². The van der Waals surface area contributed by atoms with Crippen molar-refractivity contribution < 1.29 is 14.3 Å². The second-order valence-electron chi connectivity index (χ2n) is 7.48. The van der Waals surface area contributed by atoms with Crippen LogP contribution in [-0.2, 0) is 0 Å². The third-order valence-corrected chi connectivity index (χ3v) is 5.19. The number of anilines is 2. The van der Waals surface area contributed by atoms with Gasteiger partial charge in [0.2, 0.25) is 0 Å². The Balaban J connectivity index is 1.72. The summed E-state index contributed by atoms with van der Waals surface area (Å²) in [5.41, 5.74) is 2.32. The molecule has 1 aromatic heterocycles. The summed E-state index contributed by atoms with van der Waals surface area (Å²) < 4.78 is 14.0. The molecule has 1 amide bonds. The van der Waals surface area contributed by atoms with E-state index in [1.54, 1.807) is 30.5 Å². The minimum atomic E-state index is -0.287. The van der Waals surface area contributed by atoms with Crippen LogP contribution in [-0.4, -0.2) is 41.7 Å². The molecule has 0 spiro atoms. The number of hydrogen-bond donors (Lipinski definition) is 3. The van der Waals surface area contributed by atoms with E-state index in [0.29, 0.717) is 30.8 Å². The number of piperidine rings is 1. The normalized spacial score (nSPS) is 15.8. The van der Waals surface area contributed by atoms with Gasteiger partial charge in [-0.1, -0.05) is 6.92 Å². The van der Waals surface area contributed by atoms with Gasteiger partial charge in [-0.2, -0.15) is 0 Å². The Morgan fingerprint density at radius 1 is 1.31 bits per heavy atom. The molecular weight excluding hydrogens is 371 g/mol. The number of nitrogens with zero attached hydrogens (tertiary/aromatic N) is 2. The average Bonchev–Trinajstić information content (AvgIpc) is 2.73. The van der Waals surface area contributed by atoms with Gasteiger partial charge < -0.3 is 20.6 Å². The third kappa shape index (κ3) is 5.44. The molecule has 1 aliphatic heterocycles. The van der Waals surface area contributed by atoms with Crippen molar-refractivity contribution in [1.82, 2.24) is 10.3 Å². The number of nitrogens with one attached hydrogen (secondary N) is 2. The number of halogens is 1. The highest BCUT2D eigenvalue weighted by molar-refractivity contribution is 5.94. The molecule has 1 fully saturated rings. The van der Waals surface area contributed by atoms with E-state index < -0.39 is 0 Å². The fourth-order valence-electron chi connectivity index (χ4n) is 3.52. The molecule has 1 atom stereocenters. The standard InChI is InChI=1S/C22H29FN4O2/c1-3-10-24-22(29)16-4-7-21(25-14-16)26-15(2)19-13-17(23)5-6-20(19)27-11-8-18(28)9-12-27/h4-7,13-15,18,28H,3,8-12H2,1-2H3,(H,24,29)(H,25,26). The fraction of sp³-hybridized carbons (Fsp3) is 0.455. The molecule has 7 heteroatoms. The van der Waals surface area contributed by atoms with Crippen molar-refractivity contribution in [2.45, 2.75) is 45.3 Å². The summed E-state index contributed by atoms with van der Waals surface area (Å²) in [6, 6.07) is 8.12. The van der Waals surface area contributed by atoms with E-state index in [1.165, 1.54) is 6.07 Å². The largest absolute Gasteiger partial charge is 0.393 e. The molecule has 3 rings (SSSR count). The van der Waals surface area contributed by atoms with E-state index >= 15 is 0 Å². The van der Waals surface area contributed by atoms with Gasteiger partial charge in [0, 0.05) is 37.1 Å². The molecule has 0 saturated carbocycles. The molecular formula is C22H29FN4O2. The van der Waals surface area contributed by atoms with E-state index in [0.717, 1.165) is 30.8 Å². The molecule has 0 radical (unpaired) electrons. The number of aliphatic hydroxyl groups is 1. The number of aromatic nitrogens is 1. The Hall–Kier alpha value is -2.67. The van der Waals surface area contributed by atoms with E-state index in [9.17, 15) is 14.3 Å². The summed E-state index contributed by atoms with van der Waals surface area (Å²) in [5.74, 6) is 0.192. The van der Waals surface area contributed by atoms with Gasteiger partial charge in [-0.15, -0.1) is 0 Å². The smallest absolute Gasteiger partial charge is 0.252 e. The van der Waals surface area contributed by atoms with Gasteiger partial charge in [-0.05, 0) is 56.5 Å². The Bertz CT molecular complexity index is 820. The zero-order valence-corrected chi connectivity index (χ0v) is 17.0. The van der Waals surface area contributed by atoms with Gasteiger partial charge in [0.25, 0.3) is 5.91 Å². The molecule has 2 heterocycles. The Morgan fingerprint density at radius 2 is 2.07 bits per heavy atom. The van der Waals surface area contributed by atoms with Crippen molar-refractivity contribution in [1.29, 1.82) is 0 Å². The van der Waals surface area contributed by atoms with Crippen molar-refractivity contribution in [3.8, 4) is 0 Å². The number of amides is 1. The first-order valence-corrected chi connectivity index (χ1v) is 10.2. The van der Waals surface area contributed by atoms with Crippen molar-refractivity contribution in [3.05, 3.63) is 53.5 Å². The minimum absolute atomic E-state index is 0.140. The maximum absolute atomic E-state index is 14.0. The van der Waals surface area contributed by atoms with Gasteiger partial charge in [-0.25, -0.2) is 9.37 Å². The van der Waals surface area contributed by atoms with Crippen LogP contribution in [0.1, 0.15) is 55.1 Å². The zero-order chi connectivity index (χ0) is 20.8. The summed E-state index contributed by atoms with van der Waals surface area (Å²) in [4.78, 5) is 18.5. The highest BCUT2D eigenvalue weighted by Gasteiger charge is 2.22. The lowest BCUT2D eigenvalue weighted by Gasteiger charge is -2.34. The number of rotatable bonds is 7. The highest BCUT2D eigenvalue weighted by atomic mass is 19.1. The molecule has 2 aromatic rings. The van der Waals surface area contributed by atoms with Crippen molar-refractivity contribution in [2.75, 3.05) is 29.9 Å². The van der Waals surface area contributed by atoms with Crippen molar-refractivity contribution >= 4 is 17.4 Å². The van der Waals surface area contributed by atoms with Gasteiger partial charge >= 0.3 is 0 Å². The Morgan fingerprint density at radius 3 is 2.72 bits per heavy atom. The Labute approximate surface area is 171 Å². The maximum atomic E-state index is 14.0. The van der Waals surface area contributed by atoms with E-state index in [2.05, 4.69) is 20.5 Å². The van der Waals surface area contributed by atoms with Crippen LogP contribution in [0.15, 0.2) is 36.5 Å². The van der Waals surface area contributed by atoms with E-state index in [4.69, 9.17) is 0 Å². The van der Waals surface area contributed by atoms with Crippen LogP contribution >= 0.6 is 0 Å². The van der Waals surface area contributed by atoms with Crippen LogP contribution in [0.25, 0.3) is 0 Å². The summed E-state index contributed by atoms with van der Waals surface area (Å²) in [6.07, 6.45) is 3.58. The van der Waals surface area contributed by atoms with Crippen molar-refractivity contribution in [3.63, 3.8) is 0 Å². The van der Waals surface area contributed by atoms with Crippen LogP contribution in [0.5, 0.6) is 0 Å². The maximum Gasteiger partial charge on any atom is 0.252 e. The highest BCUT2D eigenvalue weighted by Crippen LogP contribution is 2.31. The molecule has 29 heavy (non-hydrogen) atoms. The lowest BCUT2D eigenvalue weighted by Crippen LogP contribution is -2.36. The van der Waals surface area contributed by atoms with Gasteiger partial charge in [-0.3, -0.25) is 4.79 Å². The number of carbonyl (C=O) groups is 1. The second kappa shape index (κ2) is 9.69. The Kier molecular flexibility index (Phi) is 7.04. The zero-order valence-electron chi connectivity index (χ0n) is 17.0. The monoisotopic (exact) mass is 400 g/mol. The molecule has 6 nitrogen and oxygen atoms in total. The van der Waals surface area contributed by atoms with Crippen LogP contribution in [0, 0.1) is 5.82 Å². The molecule has 1 unspecified atom stereocenters. The van der Waals surface area contributed by atoms with Crippen LogP contribution in [0.3, 0.4) is 0 Å². The van der Waals surface area contributed by atoms with Gasteiger partial charge in [0.05, 0.1) is 17.7 Å². The van der Waals surface area contributed by atoms with Crippen LogP contribution in [0.4, 0.5) is 15.9 Å². The predicted octanol–water partition coefficient (Wildman–Crippen LogP) is 3.49. The molecule has 0 aliphatic carbocycles. The number of hydrogen-bond acceptors (Lipinski definition) is 5. The fourth-order valence-corrected chi connectivity index (χ4v) is 3.52. The number of pyridine rings is 1. The SMILES string of the molecule is CCCNC(=O)c1ccc(NC(C)c2cc(F)ccc2N2CCC(O)CC2)nc1. The van der Waals surface area contributed by atoms with E-state index in [1.807, 2.05) is 13.8 Å². The summed E-state index contributed by atoms with van der Waals surface area (Å²) in [6.45, 7) is 6.07. The molecule has 1 aromatic carbocycles. The van der Waals surface area contributed by atoms with E-state index in [-0.39, 0.29) is 23.9 Å². The number of carbonyl (C=O) groups excluding carboxylic acids is 1. The molecule has 1 saturated heterocycles. The summed E-state index contributed by atoms with van der Waals surface area (Å²) in [5, 5.41) is 15.9. The molecule has 3 N–H and O–H groups in total. The molecule has 156 valence electrons. The first kappa shape index (κ1) is 21.0. The summed E-state index contributed by atoms with van der Waals surface area (Å²) in [7, 11) is 0. The topological polar surface area (TPSA) is 77.5 Å². The average molecular weight is 400 g/mol. The quantitative estimate of drug-likeness (QED) is 0.663. The third-order valence-electron chi connectivity index (χ3n) is 5.19. The van der Waals surface area contributed by atoms with Gasteiger partial charge in [0.15, 0.2) is 0 Å².